The number of amides is 1. The maximum Gasteiger partial charge on any atom is 0.225 e. The van der Waals surface area contributed by atoms with E-state index in [1.807, 2.05) is 73.1 Å². The number of carbonyl (C=O) groups excluding carboxylic acids is 1. The smallest absolute Gasteiger partial charge is 0.225 e. The molecule has 0 saturated heterocycles. The molecule has 1 unspecified atom stereocenters. The molecule has 0 radical (unpaired) electrons. The van der Waals surface area contributed by atoms with Gasteiger partial charge in [-0.1, -0.05) is 67.9 Å². The minimum absolute atomic E-state index is 0.0240. The zero-order chi connectivity index (χ0) is 21.0. The number of aryl methyl sites for hydroxylation is 1. The Morgan fingerprint density at radius 3 is 2.28 bits per heavy atom. The summed E-state index contributed by atoms with van der Waals surface area (Å²) >= 11 is 6.05. The van der Waals surface area contributed by atoms with Gasteiger partial charge in [0.15, 0.2) is 0 Å². The van der Waals surface area contributed by atoms with Gasteiger partial charge in [0.2, 0.25) is 5.91 Å². The molecule has 5 heteroatoms. The lowest BCUT2D eigenvalue weighted by Gasteiger charge is -2.20. The standard InChI is InChI=1S/C24H28ClN3O/c1-16(2)15-28-18(4)22(17(3)27-28)14-23(29)26-24(19-8-6-5-7-9-19)20-10-12-21(25)13-11-20/h5-13,16,24H,14-15H2,1-4H3,(H,26,29). The molecule has 0 fully saturated rings. The average molecular weight is 410 g/mol. The van der Waals surface area contributed by atoms with Crippen molar-refractivity contribution in [2.75, 3.05) is 0 Å². The van der Waals surface area contributed by atoms with Gasteiger partial charge in [-0.25, -0.2) is 0 Å². The van der Waals surface area contributed by atoms with Gasteiger partial charge in [0.1, 0.15) is 0 Å². The lowest BCUT2D eigenvalue weighted by molar-refractivity contribution is -0.121. The number of rotatable bonds is 7. The van der Waals surface area contributed by atoms with Crippen molar-refractivity contribution < 1.29 is 4.79 Å². The minimum atomic E-state index is -0.229. The lowest BCUT2D eigenvalue weighted by atomic mass is 9.98. The molecule has 1 amide bonds. The van der Waals surface area contributed by atoms with Crippen LogP contribution in [0.3, 0.4) is 0 Å². The summed E-state index contributed by atoms with van der Waals surface area (Å²) in [5.74, 6) is 0.478. The largest absolute Gasteiger partial charge is 0.345 e. The van der Waals surface area contributed by atoms with Gasteiger partial charge in [0, 0.05) is 22.8 Å². The van der Waals surface area contributed by atoms with Crippen LogP contribution < -0.4 is 5.32 Å². The van der Waals surface area contributed by atoms with Crippen LogP contribution in [0, 0.1) is 19.8 Å². The summed E-state index contributed by atoms with van der Waals surface area (Å²) in [4.78, 5) is 13.0. The predicted octanol–water partition coefficient (Wildman–Crippen LogP) is 5.26. The van der Waals surface area contributed by atoms with E-state index in [0.717, 1.165) is 34.6 Å². The van der Waals surface area contributed by atoms with E-state index in [1.165, 1.54) is 0 Å². The molecule has 4 nitrogen and oxygen atoms in total. The first-order valence-electron chi connectivity index (χ1n) is 9.97. The molecule has 1 N–H and O–H groups in total. The molecule has 1 aromatic heterocycles. The molecule has 152 valence electrons. The maximum atomic E-state index is 13.0. The van der Waals surface area contributed by atoms with Gasteiger partial charge < -0.3 is 5.32 Å². The molecule has 3 aromatic rings. The van der Waals surface area contributed by atoms with Crippen molar-refractivity contribution in [2.45, 2.75) is 46.7 Å². The fraction of sp³-hybridized carbons (Fsp3) is 0.333. The molecule has 2 aromatic carbocycles. The van der Waals surface area contributed by atoms with Crippen molar-refractivity contribution >= 4 is 17.5 Å². The van der Waals surface area contributed by atoms with Crippen LogP contribution in [-0.4, -0.2) is 15.7 Å². The van der Waals surface area contributed by atoms with E-state index in [-0.39, 0.29) is 11.9 Å². The first-order chi connectivity index (χ1) is 13.8. The van der Waals surface area contributed by atoms with E-state index >= 15 is 0 Å². The van der Waals surface area contributed by atoms with E-state index in [9.17, 15) is 4.79 Å². The van der Waals surface area contributed by atoms with E-state index in [1.54, 1.807) is 0 Å². The second-order valence-corrected chi connectivity index (χ2v) is 8.30. The van der Waals surface area contributed by atoms with Gasteiger partial charge in [0.25, 0.3) is 0 Å². The number of benzene rings is 2. The predicted molar refractivity (Wildman–Crippen MR) is 118 cm³/mol. The topological polar surface area (TPSA) is 46.9 Å². The Morgan fingerprint density at radius 2 is 1.66 bits per heavy atom. The highest BCUT2D eigenvalue weighted by atomic mass is 35.5. The van der Waals surface area contributed by atoms with Gasteiger partial charge in [-0.05, 0) is 43.0 Å². The quantitative estimate of drug-likeness (QED) is 0.578. The molecule has 1 heterocycles. The SMILES string of the molecule is Cc1nn(CC(C)C)c(C)c1CC(=O)NC(c1ccccc1)c1ccc(Cl)cc1. The molecule has 0 bridgehead atoms. The average Bonchev–Trinajstić information content (AvgIpc) is 2.94. The Labute approximate surface area is 177 Å². The normalized spacial score (nSPS) is 12.2. The van der Waals surface area contributed by atoms with Crippen LogP contribution in [0.1, 0.15) is 48.0 Å². The molecule has 0 spiro atoms. The van der Waals surface area contributed by atoms with E-state index in [4.69, 9.17) is 11.6 Å². The molecule has 0 saturated carbocycles. The highest BCUT2D eigenvalue weighted by molar-refractivity contribution is 6.30. The van der Waals surface area contributed by atoms with Crippen LogP contribution in [0.15, 0.2) is 54.6 Å². The number of hydrogen-bond donors (Lipinski definition) is 1. The van der Waals surface area contributed by atoms with Gasteiger partial charge >= 0.3 is 0 Å². The molecule has 0 aliphatic heterocycles. The summed E-state index contributed by atoms with van der Waals surface area (Å²) in [6.45, 7) is 9.20. The molecule has 0 aliphatic carbocycles. The van der Waals surface area contributed by atoms with E-state index in [0.29, 0.717) is 17.4 Å². The molecular formula is C24H28ClN3O. The van der Waals surface area contributed by atoms with Crippen molar-refractivity contribution in [1.82, 2.24) is 15.1 Å². The first kappa shape index (κ1) is 21.1. The van der Waals surface area contributed by atoms with Crippen LogP contribution in [0.2, 0.25) is 5.02 Å². The molecule has 0 aliphatic rings. The van der Waals surface area contributed by atoms with Crippen molar-refractivity contribution in [3.05, 3.63) is 87.7 Å². The Balaban J connectivity index is 1.82. The van der Waals surface area contributed by atoms with Crippen LogP contribution >= 0.6 is 11.6 Å². The van der Waals surface area contributed by atoms with Crippen molar-refractivity contribution in [1.29, 1.82) is 0 Å². The Kier molecular flexibility index (Phi) is 6.75. The summed E-state index contributed by atoms with van der Waals surface area (Å²) in [5.41, 5.74) is 5.02. The number of aromatic nitrogens is 2. The number of halogens is 1. The third-order valence-electron chi connectivity index (χ3n) is 5.05. The van der Waals surface area contributed by atoms with Gasteiger partial charge in [-0.15, -0.1) is 0 Å². The van der Waals surface area contributed by atoms with Crippen molar-refractivity contribution in [3.8, 4) is 0 Å². The van der Waals surface area contributed by atoms with Crippen molar-refractivity contribution in [3.63, 3.8) is 0 Å². The number of nitrogens with zero attached hydrogens (tertiary/aromatic N) is 2. The fourth-order valence-corrected chi connectivity index (χ4v) is 3.67. The van der Waals surface area contributed by atoms with Gasteiger partial charge in [-0.3, -0.25) is 9.48 Å². The van der Waals surface area contributed by atoms with E-state index < -0.39 is 0 Å². The van der Waals surface area contributed by atoms with Crippen LogP contribution in [0.4, 0.5) is 0 Å². The monoisotopic (exact) mass is 409 g/mol. The van der Waals surface area contributed by atoms with Gasteiger partial charge in [-0.2, -0.15) is 5.10 Å². The number of hydrogen-bond acceptors (Lipinski definition) is 2. The van der Waals surface area contributed by atoms with Crippen LogP contribution in [-0.2, 0) is 17.8 Å². The molecule has 29 heavy (non-hydrogen) atoms. The maximum absolute atomic E-state index is 13.0. The minimum Gasteiger partial charge on any atom is -0.345 e. The van der Waals surface area contributed by atoms with Crippen LogP contribution in [0.25, 0.3) is 0 Å². The summed E-state index contributed by atoms with van der Waals surface area (Å²) in [6, 6.07) is 17.4. The summed E-state index contributed by atoms with van der Waals surface area (Å²) in [5, 5.41) is 8.51. The number of nitrogens with one attached hydrogen (secondary N) is 1. The molecule has 3 rings (SSSR count). The Hall–Kier alpha value is -2.59. The van der Waals surface area contributed by atoms with E-state index in [2.05, 4.69) is 24.3 Å². The summed E-state index contributed by atoms with van der Waals surface area (Å²) in [7, 11) is 0. The first-order valence-corrected chi connectivity index (χ1v) is 10.4. The second-order valence-electron chi connectivity index (χ2n) is 7.86. The van der Waals surface area contributed by atoms with Crippen molar-refractivity contribution in [2.24, 2.45) is 5.92 Å². The summed E-state index contributed by atoms with van der Waals surface area (Å²) < 4.78 is 2.01. The third kappa shape index (κ3) is 5.27. The zero-order valence-corrected chi connectivity index (χ0v) is 18.2. The molecular weight excluding hydrogens is 382 g/mol. The Bertz CT molecular complexity index is 962. The lowest BCUT2D eigenvalue weighted by Crippen LogP contribution is -2.30. The zero-order valence-electron chi connectivity index (χ0n) is 17.4. The molecule has 1 atom stereocenters. The number of carbonyl (C=O) groups is 1. The van der Waals surface area contributed by atoms with Crippen LogP contribution in [0.5, 0.6) is 0 Å². The fourth-order valence-electron chi connectivity index (χ4n) is 3.55. The highest BCUT2D eigenvalue weighted by Crippen LogP contribution is 2.24. The highest BCUT2D eigenvalue weighted by Gasteiger charge is 2.20. The third-order valence-corrected chi connectivity index (χ3v) is 5.30. The summed E-state index contributed by atoms with van der Waals surface area (Å²) in [6.07, 6.45) is 0.312. The van der Waals surface area contributed by atoms with Gasteiger partial charge in [0.05, 0.1) is 18.2 Å². The Morgan fingerprint density at radius 1 is 1.03 bits per heavy atom. The second kappa shape index (κ2) is 9.27.